The minimum Gasteiger partial charge on any atom is -0.493 e. The van der Waals surface area contributed by atoms with Crippen molar-refractivity contribution in [1.82, 2.24) is 0 Å². The number of Topliss-reactive ketones (excluding diaryl/α,β-unsaturated/α-hetero) is 1. The molecule has 0 aromatic heterocycles. The molecule has 0 radical (unpaired) electrons. The zero-order valence-electron chi connectivity index (χ0n) is 9.62. The maximum absolute atomic E-state index is 11.3. The first kappa shape index (κ1) is 12.8. The van der Waals surface area contributed by atoms with Crippen molar-refractivity contribution in [3.05, 3.63) is 23.8 Å². The van der Waals surface area contributed by atoms with E-state index in [9.17, 15) is 4.79 Å². The van der Waals surface area contributed by atoms with Crippen molar-refractivity contribution < 1.29 is 14.3 Å². The third-order valence-electron chi connectivity index (χ3n) is 2.21. The lowest BCUT2D eigenvalue weighted by Crippen LogP contribution is -2.24. The van der Waals surface area contributed by atoms with Crippen LogP contribution in [0.4, 0.5) is 0 Å². The first-order valence-electron chi connectivity index (χ1n) is 4.98. The standard InChI is InChI=1S/C12H15ClO3/c1-8-4-5-11(12(6-8)15-3)16-9(2)10(14)7-13/h4-6,9H,7H2,1-3H3. The summed E-state index contributed by atoms with van der Waals surface area (Å²) in [5.41, 5.74) is 1.07. The lowest BCUT2D eigenvalue weighted by Gasteiger charge is -2.15. The predicted molar refractivity (Wildman–Crippen MR) is 63.5 cm³/mol. The van der Waals surface area contributed by atoms with E-state index >= 15 is 0 Å². The fourth-order valence-electron chi connectivity index (χ4n) is 1.24. The van der Waals surface area contributed by atoms with Crippen LogP contribution in [0.3, 0.4) is 0 Å². The van der Waals surface area contributed by atoms with Gasteiger partial charge in [-0.05, 0) is 31.5 Å². The molecule has 16 heavy (non-hydrogen) atoms. The number of benzene rings is 1. The molecule has 1 atom stereocenters. The van der Waals surface area contributed by atoms with Crippen LogP contribution >= 0.6 is 11.6 Å². The van der Waals surface area contributed by atoms with Gasteiger partial charge in [-0.15, -0.1) is 11.6 Å². The number of alkyl halides is 1. The van der Waals surface area contributed by atoms with Crippen molar-refractivity contribution in [3.8, 4) is 11.5 Å². The van der Waals surface area contributed by atoms with Crippen LogP contribution in [0, 0.1) is 6.92 Å². The van der Waals surface area contributed by atoms with Gasteiger partial charge in [-0.3, -0.25) is 4.79 Å². The van der Waals surface area contributed by atoms with Gasteiger partial charge in [0.1, 0.15) is 0 Å². The number of hydrogen-bond acceptors (Lipinski definition) is 3. The number of halogens is 1. The van der Waals surface area contributed by atoms with Crippen molar-refractivity contribution in [2.24, 2.45) is 0 Å². The van der Waals surface area contributed by atoms with Crippen LogP contribution in [0.15, 0.2) is 18.2 Å². The molecule has 0 aliphatic heterocycles. The normalized spacial score (nSPS) is 12.0. The fraction of sp³-hybridized carbons (Fsp3) is 0.417. The first-order chi connectivity index (χ1) is 7.58. The van der Waals surface area contributed by atoms with E-state index in [1.807, 2.05) is 19.1 Å². The quantitative estimate of drug-likeness (QED) is 0.745. The summed E-state index contributed by atoms with van der Waals surface area (Å²) < 4.78 is 10.7. The van der Waals surface area contributed by atoms with Crippen molar-refractivity contribution in [2.45, 2.75) is 20.0 Å². The molecule has 0 amide bonds. The SMILES string of the molecule is COc1cc(C)ccc1OC(C)C(=O)CCl. The summed E-state index contributed by atoms with van der Waals surface area (Å²) in [7, 11) is 1.57. The third-order valence-corrected chi connectivity index (χ3v) is 2.47. The summed E-state index contributed by atoms with van der Waals surface area (Å²) in [5, 5.41) is 0. The monoisotopic (exact) mass is 242 g/mol. The second-order valence-corrected chi connectivity index (χ2v) is 3.78. The lowest BCUT2D eigenvalue weighted by atomic mass is 10.2. The predicted octanol–water partition coefficient (Wildman–Crippen LogP) is 2.58. The number of carbonyl (C=O) groups is 1. The Kier molecular flexibility index (Phi) is 4.62. The maximum atomic E-state index is 11.3. The lowest BCUT2D eigenvalue weighted by molar-refractivity contribution is -0.122. The molecule has 0 N–H and O–H groups in total. The van der Waals surface area contributed by atoms with Crippen LogP contribution in [0.25, 0.3) is 0 Å². The Balaban J connectivity index is 2.84. The molecule has 0 aliphatic rings. The van der Waals surface area contributed by atoms with Crippen LogP contribution in [-0.2, 0) is 4.79 Å². The maximum Gasteiger partial charge on any atom is 0.187 e. The minimum atomic E-state index is -0.561. The Morgan fingerprint density at radius 1 is 1.44 bits per heavy atom. The van der Waals surface area contributed by atoms with E-state index in [0.717, 1.165) is 5.56 Å². The highest BCUT2D eigenvalue weighted by molar-refractivity contribution is 6.28. The average Bonchev–Trinajstić information content (AvgIpc) is 2.30. The molecule has 0 saturated heterocycles. The number of aryl methyl sites for hydroxylation is 1. The molecule has 1 aromatic carbocycles. The minimum absolute atomic E-state index is 0.0463. The summed E-state index contributed by atoms with van der Waals surface area (Å²) in [6.45, 7) is 3.63. The Morgan fingerprint density at radius 2 is 2.12 bits per heavy atom. The summed E-state index contributed by atoms with van der Waals surface area (Å²) in [6, 6.07) is 5.54. The van der Waals surface area contributed by atoms with Crippen molar-refractivity contribution in [2.75, 3.05) is 13.0 Å². The summed E-state index contributed by atoms with van der Waals surface area (Å²) in [5.74, 6) is 0.979. The molecule has 88 valence electrons. The first-order valence-corrected chi connectivity index (χ1v) is 5.52. The van der Waals surface area contributed by atoms with Gasteiger partial charge in [0, 0.05) is 0 Å². The van der Waals surface area contributed by atoms with Gasteiger partial charge in [0.05, 0.1) is 13.0 Å². The van der Waals surface area contributed by atoms with Crippen LogP contribution < -0.4 is 9.47 Å². The van der Waals surface area contributed by atoms with Crippen molar-refractivity contribution in [3.63, 3.8) is 0 Å². The van der Waals surface area contributed by atoms with Gasteiger partial charge in [0.25, 0.3) is 0 Å². The molecule has 0 fully saturated rings. The molecule has 1 rings (SSSR count). The third kappa shape index (κ3) is 3.14. The van der Waals surface area contributed by atoms with Crippen LogP contribution in [0.2, 0.25) is 0 Å². The zero-order valence-corrected chi connectivity index (χ0v) is 10.4. The largest absolute Gasteiger partial charge is 0.493 e. The van der Waals surface area contributed by atoms with Gasteiger partial charge in [-0.2, -0.15) is 0 Å². The van der Waals surface area contributed by atoms with E-state index < -0.39 is 6.10 Å². The molecule has 1 aromatic rings. The highest BCUT2D eigenvalue weighted by Crippen LogP contribution is 2.28. The molecule has 0 saturated carbocycles. The summed E-state index contributed by atoms with van der Waals surface area (Å²) in [4.78, 5) is 11.3. The molecule has 0 spiro atoms. The van der Waals surface area contributed by atoms with Gasteiger partial charge >= 0.3 is 0 Å². The molecular formula is C12H15ClO3. The number of rotatable bonds is 5. The summed E-state index contributed by atoms with van der Waals surface area (Å²) in [6.07, 6.45) is -0.561. The van der Waals surface area contributed by atoms with E-state index in [2.05, 4.69) is 0 Å². The number of carbonyl (C=O) groups excluding carboxylic acids is 1. The zero-order chi connectivity index (χ0) is 12.1. The van der Waals surface area contributed by atoms with Gasteiger partial charge in [0.15, 0.2) is 23.4 Å². The second-order valence-electron chi connectivity index (χ2n) is 3.51. The Morgan fingerprint density at radius 3 is 2.69 bits per heavy atom. The molecule has 0 heterocycles. The smallest absolute Gasteiger partial charge is 0.187 e. The van der Waals surface area contributed by atoms with Crippen LogP contribution in [0.5, 0.6) is 11.5 Å². The number of methoxy groups -OCH3 is 1. The highest BCUT2D eigenvalue weighted by Gasteiger charge is 2.15. The Bertz CT molecular complexity index is 377. The molecule has 4 heteroatoms. The van der Waals surface area contributed by atoms with Crippen molar-refractivity contribution in [1.29, 1.82) is 0 Å². The van der Waals surface area contributed by atoms with E-state index in [1.54, 1.807) is 20.1 Å². The molecule has 1 unspecified atom stereocenters. The topological polar surface area (TPSA) is 35.5 Å². The van der Waals surface area contributed by atoms with E-state index in [-0.39, 0.29) is 11.7 Å². The molecular weight excluding hydrogens is 228 g/mol. The van der Waals surface area contributed by atoms with E-state index in [1.165, 1.54) is 0 Å². The highest BCUT2D eigenvalue weighted by atomic mass is 35.5. The molecule has 0 aliphatic carbocycles. The summed E-state index contributed by atoms with van der Waals surface area (Å²) >= 11 is 5.45. The molecule has 3 nitrogen and oxygen atoms in total. The average molecular weight is 243 g/mol. The number of hydrogen-bond donors (Lipinski definition) is 0. The van der Waals surface area contributed by atoms with Gasteiger partial charge in [0.2, 0.25) is 0 Å². The fourth-order valence-corrected chi connectivity index (χ4v) is 1.45. The Labute approximate surface area is 100 Å². The van der Waals surface area contributed by atoms with Crippen LogP contribution in [-0.4, -0.2) is 24.9 Å². The molecule has 0 bridgehead atoms. The number of ether oxygens (including phenoxy) is 2. The van der Waals surface area contributed by atoms with Gasteiger partial charge in [-0.25, -0.2) is 0 Å². The van der Waals surface area contributed by atoms with Gasteiger partial charge < -0.3 is 9.47 Å². The Hall–Kier alpha value is -1.22. The van der Waals surface area contributed by atoms with Crippen LogP contribution in [0.1, 0.15) is 12.5 Å². The second kappa shape index (κ2) is 5.75. The number of ketones is 1. The van der Waals surface area contributed by atoms with E-state index in [0.29, 0.717) is 11.5 Å². The van der Waals surface area contributed by atoms with Crippen molar-refractivity contribution >= 4 is 17.4 Å². The van der Waals surface area contributed by atoms with E-state index in [4.69, 9.17) is 21.1 Å². The van der Waals surface area contributed by atoms with Gasteiger partial charge in [-0.1, -0.05) is 6.07 Å².